The Hall–Kier alpha value is -1.35. The number of hydrogen-bond acceptors (Lipinski definition) is 3. The summed E-state index contributed by atoms with van der Waals surface area (Å²) in [6.45, 7) is 8.01. The van der Waals surface area contributed by atoms with Crippen molar-refractivity contribution in [1.82, 2.24) is 5.32 Å². The molecular formula is C16H23NO2. The molecule has 1 aromatic carbocycles. The molecule has 0 saturated carbocycles. The molecule has 1 heterocycles. The lowest BCUT2D eigenvalue weighted by atomic mass is 9.83. The molecule has 1 aliphatic heterocycles. The highest BCUT2D eigenvalue weighted by molar-refractivity contribution is 5.91. The maximum absolute atomic E-state index is 12.3. The zero-order valence-corrected chi connectivity index (χ0v) is 12.0. The minimum atomic E-state index is -0.401. The molecule has 0 amide bonds. The van der Waals surface area contributed by atoms with Gasteiger partial charge in [-0.3, -0.25) is 0 Å². The highest BCUT2D eigenvalue weighted by Crippen LogP contribution is 2.30. The van der Waals surface area contributed by atoms with E-state index in [4.69, 9.17) is 4.74 Å². The van der Waals surface area contributed by atoms with Crippen molar-refractivity contribution in [2.24, 2.45) is 5.92 Å². The van der Waals surface area contributed by atoms with Gasteiger partial charge in [-0.25, -0.2) is 4.79 Å². The van der Waals surface area contributed by atoms with E-state index in [9.17, 15) is 4.79 Å². The standard InChI is InChI=1S/C16H23NO2/c1-12-6-4-5-7-14(12)15(18)19-16(2,3)13-8-10-17-11-9-13/h4-7,13,17H,8-11H2,1-3H3. The fourth-order valence-electron chi connectivity index (χ4n) is 2.70. The predicted octanol–water partition coefficient (Wildman–Crippen LogP) is 2.93. The molecule has 1 aromatic rings. The van der Waals surface area contributed by atoms with Crippen LogP contribution < -0.4 is 5.32 Å². The van der Waals surface area contributed by atoms with Gasteiger partial charge in [-0.05, 0) is 58.3 Å². The van der Waals surface area contributed by atoms with Gasteiger partial charge >= 0.3 is 5.97 Å². The zero-order valence-electron chi connectivity index (χ0n) is 12.0. The van der Waals surface area contributed by atoms with E-state index in [-0.39, 0.29) is 5.97 Å². The van der Waals surface area contributed by atoms with Crippen LogP contribution in [0.3, 0.4) is 0 Å². The number of carbonyl (C=O) groups is 1. The number of esters is 1. The summed E-state index contributed by atoms with van der Waals surface area (Å²) in [5.41, 5.74) is 1.24. The largest absolute Gasteiger partial charge is 0.456 e. The van der Waals surface area contributed by atoms with Crippen molar-refractivity contribution >= 4 is 5.97 Å². The molecule has 1 aliphatic rings. The molecule has 0 aromatic heterocycles. The minimum absolute atomic E-state index is 0.207. The first kappa shape index (κ1) is 14.1. The third-order valence-corrected chi connectivity index (χ3v) is 4.04. The first-order chi connectivity index (χ1) is 9.00. The van der Waals surface area contributed by atoms with E-state index >= 15 is 0 Å². The highest BCUT2D eigenvalue weighted by Gasteiger charge is 2.34. The van der Waals surface area contributed by atoms with Crippen molar-refractivity contribution in [3.8, 4) is 0 Å². The molecule has 1 fully saturated rings. The van der Waals surface area contributed by atoms with E-state index < -0.39 is 5.60 Å². The van der Waals surface area contributed by atoms with Crippen LogP contribution in [0.15, 0.2) is 24.3 Å². The van der Waals surface area contributed by atoms with Gasteiger partial charge in [0.05, 0.1) is 5.56 Å². The molecule has 104 valence electrons. The molecule has 0 atom stereocenters. The average Bonchev–Trinajstić information content (AvgIpc) is 2.39. The van der Waals surface area contributed by atoms with Crippen LogP contribution in [0.5, 0.6) is 0 Å². The summed E-state index contributed by atoms with van der Waals surface area (Å²) in [7, 11) is 0. The second-order valence-corrected chi connectivity index (χ2v) is 5.83. The van der Waals surface area contributed by atoms with Crippen molar-refractivity contribution in [2.75, 3.05) is 13.1 Å². The van der Waals surface area contributed by atoms with E-state index in [1.165, 1.54) is 0 Å². The van der Waals surface area contributed by atoms with Crippen LogP contribution in [0.25, 0.3) is 0 Å². The molecule has 19 heavy (non-hydrogen) atoms. The molecule has 0 bridgehead atoms. The summed E-state index contributed by atoms with van der Waals surface area (Å²) < 4.78 is 5.78. The quantitative estimate of drug-likeness (QED) is 0.850. The van der Waals surface area contributed by atoms with Gasteiger partial charge in [0.1, 0.15) is 5.60 Å². The SMILES string of the molecule is Cc1ccccc1C(=O)OC(C)(C)C1CCNCC1. The lowest BCUT2D eigenvalue weighted by Crippen LogP contribution is -2.42. The summed E-state index contributed by atoms with van der Waals surface area (Å²) in [6.07, 6.45) is 2.13. The van der Waals surface area contributed by atoms with Crippen molar-refractivity contribution in [3.05, 3.63) is 35.4 Å². The topological polar surface area (TPSA) is 38.3 Å². The van der Waals surface area contributed by atoms with E-state index in [0.29, 0.717) is 11.5 Å². The van der Waals surface area contributed by atoms with Crippen LogP contribution in [-0.4, -0.2) is 24.7 Å². The third-order valence-electron chi connectivity index (χ3n) is 4.04. The lowest BCUT2D eigenvalue weighted by Gasteiger charge is -2.36. The van der Waals surface area contributed by atoms with Crippen LogP contribution in [0.2, 0.25) is 0 Å². The van der Waals surface area contributed by atoms with Crippen LogP contribution in [-0.2, 0) is 4.74 Å². The second-order valence-electron chi connectivity index (χ2n) is 5.83. The smallest absolute Gasteiger partial charge is 0.338 e. The summed E-state index contributed by atoms with van der Waals surface area (Å²) in [4.78, 5) is 12.3. The van der Waals surface area contributed by atoms with Crippen molar-refractivity contribution in [1.29, 1.82) is 0 Å². The maximum Gasteiger partial charge on any atom is 0.338 e. The van der Waals surface area contributed by atoms with Gasteiger partial charge in [0.15, 0.2) is 0 Å². The van der Waals surface area contributed by atoms with Crippen LogP contribution >= 0.6 is 0 Å². The summed E-state index contributed by atoms with van der Waals surface area (Å²) in [6, 6.07) is 7.58. The third kappa shape index (κ3) is 3.35. The van der Waals surface area contributed by atoms with Crippen molar-refractivity contribution in [3.63, 3.8) is 0 Å². The molecule has 2 rings (SSSR count). The average molecular weight is 261 g/mol. The van der Waals surface area contributed by atoms with Gasteiger partial charge in [-0.2, -0.15) is 0 Å². The zero-order chi connectivity index (χ0) is 13.9. The normalized spacial score (nSPS) is 17.2. The van der Waals surface area contributed by atoms with Gasteiger partial charge in [0.25, 0.3) is 0 Å². The van der Waals surface area contributed by atoms with Crippen LogP contribution in [0.4, 0.5) is 0 Å². The number of nitrogens with one attached hydrogen (secondary N) is 1. The molecule has 1 saturated heterocycles. The van der Waals surface area contributed by atoms with Gasteiger partial charge in [0.2, 0.25) is 0 Å². The first-order valence-electron chi connectivity index (χ1n) is 7.00. The second kappa shape index (κ2) is 5.74. The Labute approximate surface area is 115 Å². The molecule has 1 N–H and O–H groups in total. The predicted molar refractivity (Wildman–Crippen MR) is 76.3 cm³/mol. The van der Waals surface area contributed by atoms with E-state index in [0.717, 1.165) is 31.5 Å². The molecule has 0 spiro atoms. The molecule has 0 aliphatic carbocycles. The number of ether oxygens (including phenoxy) is 1. The molecule has 3 heteroatoms. The number of benzene rings is 1. The summed E-state index contributed by atoms with van der Waals surface area (Å²) in [5.74, 6) is 0.225. The first-order valence-corrected chi connectivity index (χ1v) is 7.00. The Balaban J connectivity index is 2.07. The van der Waals surface area contributed by atoms with Gasteiger partial charge in [0, 0.05) is 5.92 Å². The van der Waals surface area contributed by atoms with E-state index in [2.05, 4.69) is 5.32 Å². The van der Waals surface area contributed by atoms with Gasteiger partial charge in [-0.15, -0.1) is 0 Å². The Bertz CT molecular complexity index is 448. The monoisotopic (exact) mass is 261 g/mol. The summed E-state index contributed by atoms with van der Waals surface area (Å²) in [5, 5.41) is 3.34. The minimum Gasteiger partial charge on any atom is -0.456 e. The van der Waals surface area contributed by atoms with Crippen LogP contribution in [0, 0.1) is 12.8 Å². The van der Waals surface area contributed by atoms with Crippen LogP contribution in [0.1, 0.15) is 42.6 Å². The number of rotatable bonds is 3. The fraction of sp³-hybridized carbons (Fsp3) is 0.562. The summed E-state index contributed by atoms with van der Waals surface area (Å²) >= 11 is 0. The van der Waals surface area contributed by atoms with Gasteiger partial charge in [-0.1, -0.05) is 18.2 Å². The maximum atomic E-state index is 12.3. The Morgan fingerprint density at radius 1 is 1.26 bits per heavy atom. The Morgan fingerprint density at radius 3 is 2.53 bits per heavy atom. The highest BCUT2D eigenvalue weighted by atomic mass is 16.6. The van der Waals surface area contributed by atoms with E-state index in [1.807, 2.05) is 45.0 Å². The Morgan fingerprint density at radius 2 is 1.89 bits per heavy atom. The molecule has 0 radical (unpaired) electrons. The lowest BCUT2D eigenvalue weighted by molar-refractivity contribution is -0.0368. The Kier molecular flexibility index (Phi) is 4.25. The van der Waals surface area contributed by atoms with Gasteiger partial charge < -0.3 is 10.1 Å². The van der Waals surface area contributed by atoms with Crippen molar-refractivity contribution < 1.29 is 9.53 Å². The molecule has 0 unspecified atom stereocenters. The fourth-order valence-corrected chi connectivity index (χ4v) is 2.70. The molecule has 3 nitrogen and oxygen atoms in total. The van der Waals surface area contributed by atoms with E-state index in [1.54, 1.807) is 0 Å². The number of aryl methyl sites for hydroxylation is 1. The van der Waals surface area contributed by atoms with Crippen molar-refractivity contribution in [2.45, 2.75) is 39.2 Å². The molecular weight excluding hydrogens is 238 g/mol. The number of piperidine rings is 1. The number of carbonyl (C=O) groups excluding carboxylic acids is 1. The number of hydrogen-bond donors (Lipinski definition) is 1.